The van der Waals surface area contributed by atoms with Crippen molar-refractivity contribution in [1.29, 1.82) is 0 Å². The van der Waals surface area contributed by atoms with Gasteiger partial charge in [0.2, 0.25) is 0 Å². The minimum atomic E-state index is -0.100. The fourth-order valence-corrected chi connectivity index (χ4v) is 2.76. The highest BCUT2D eigenvalue weighted by atomic mass is 32.1. The number of rotatable bonds is 3. The lowest BCUT2D eigenvalue weighted by Crippen LogP contribution is -2.22. The highest BCUT2D eigenvalue weighted by Gasteiger charge is 2.10. The Morgan fingerprint density at radius 1 is 1.53 bits per heavy atom. The van der Waals surface area contributed by atoms with Crippen LogP contribution in [0.25, 0.3) is 9.88 Å². The molecule has 3 nitrogen and oxygen atoms in total. The maximum atomic E-state index is 11.5. The molecule has 0 saturated heterocycles. The first-order valence-corrected chi connectivity index (χ1v) is 6.34. The van der Waals surface area contributed by atoms with Crippen molar-refractivity contribution in [2.75, 3.05) is 6.54 Å². The molecule has 0 spiro atoms. The highest BCUT2D eigenvalue weighted by molar-refractivity contribution is 7.20. The number of nitrogens with one attached hydrogen (secondary N) is 1. The fourth-order valence-electron chi connectivity index (χ4n) is 1.14. The smallest absolute Gasteiger partial charge is 0.270 e. The first-order valence-electron chi connectivity index (χ1n) is 4.59. The van der Waals surface area contributed by atoms with Crippen molar-refractivity contribution in [3.05, 3.63) is 28.6 Å². The molecule has 15 heavy (non-hydrogen) atoms. The molecule has 2 rings (SSSR count). The van der Waals surface area contributed by atoms with Crippen molar-refractivity contribution in [3.8, 4) is 9.88 Å². The number of hydrogen-bond acceptors (Lipinski definition) is 4. The van der Waals surface area contributed by atoms with E-state index in [-0.39, 0.29) is 5.91 Å². The molecule has 0 fully saturated rings. The van der Waals surface area contributed by atoms with Crippen LogP contribution in [0.2, 0.25) is 0 Å². The van der Waals surface area contributed by atoms with Gasteiger partial charge in [-0.1, -0.05) is 6.07 Å². The topological polar surface area (TPSA) is 42.0 Å². The summed E-state index contributed by atoms with van der Waals surface area (Å²) in [6.45, 7) is 2.52. The first-order chi connectivity index (χ1) is 7.31. The van der Waals surface area contributed by atoms with Gasteiger partial charge in [-0.2, -0.15) is 0 Å². The predicted molar refractivity (Wildman–Crippen MR) is 63.4 cm³/mol. The van der Waals surface area contributed by atoms with Crippen LogP contribution in [0.5, 0.6) is 0 Å². The number of carbonyl (C=O) groups excluding carboxylic acids is 1. The number of nitrogens with zero attached hydrogens (tertiary/aromatic N) is 1. The molecule has 78 valence electrons. The van der Waals surface area contributed by atoms with Crippen molar-refractivity contribution in [2.24, 2.45) is 0 Å². The molecule has 0 atom stereocenters. The second kappa shape index (κ2) is 4.55. The molecule has 1 N–H and O–H groups in total. The summed E-state index contributed by atoms with van der Waals surface area (Å²) in [6, 6.07) is 3.98. The molecule has 0 aliphatic carbocycles. The molecular formula is C10H10N2OS2. The molecule has 0 aliphatic rings. The van der Waals surface area contributed by atoms with Crippen LogP contribution >= 0.6 is 22.7 Å². The number of hydrogen-bond donors (Lipinski definition) is 1. The van der Waals surface area contributed by atoms with Crippen LogP contribution in [0.15, 0.2) is 22.9 Å². The Hall–Kier alpha value is -1.20. The molecule has 2 aromatic heterocycles. The second-order valence-corrected chi connectivity index (χ2v) is 4.68. The summed E-state index contributed by atoms with van der Waals surface area (Å²) >= 11 is 3.13. The number of thiazole rings is 1. The highest BCUT2D eigenvalue weighted by Crippen LogP contribution is 2.27. The van der Waals surface area contributed by atoms with Gasteiger partial charge in [-0.3, -0.25) is 4.79 Å². The minimum Gasteiger partial charge on any atom is -0.351 e. The van der Waals surface area contributed by atoms with Gasteiger partial charge in [-0.15, -0.1) is 22.7 Å². The Labute approximate surface area is 95.8 Å². The van der Waals surface area contributed by atoms with E-state index in [1.807, 2.05) is 24.4 Å². The monoisotopic (exact) mass is 238 g/mol. The quantitative estimate of drug-likeness (QED) is 0.893. The van der Waals surface area contributed by atoms with Crippen LogP contribution in [0, 0.1) is 0 Å². The zero-order valence-corrected chi connectivity index (χ0v) is 9.82. The molecule has 2 heterocycles. The van der Waals surface area contributed by atoms with Gasteiger partial charge in [-0.25, -0.2) is 4.98 Å². The van der Waals surface area contributed by atoms with Gasteiger partial charge in [0.1, 0.15) is 10.7 Å². The summed E-state index contributed by atoms with van der Waals surface area (Å²) in [5, 5.41) is 7.43. The van der Waals surface area contributed by atoms with E-state index < -0.39 is 0 Å². The van der Waals surface area contributed by atoms with E-state index in [0.717, 1.165) is 9.88 Å². The van der Waals surface area contributed by atoms with E-state index in [2.05, 4.69) is 10.3 Å². The van der Waals surface area contributed by atoms with Crippen molar-refractivity contribution in [3.63, 3.8) is 0 Å². The summed E-state index contributed by atoms with van der Waals surface area (Å²) in [4.78, 5) is 16.9. The molecule has 0 radical (unpaired) electrons. The number of aromatic nitrogens is 1. The lowest BCUT2D eigenvalue weighted by molar-refractivity contribution is 0.0951. The molecule has 2 aromatic rings. The van der Waals surface area contributed by atoms with Crippen LogP contribution in [0.3, 0.4) is 0 Å². The van der Waals surface area contributed by atoms with Crippen molar-refractivity contribution in [2.45, 2.75) is 6.92 Å². The van der Waals surface area contributed by atoms with E-state index in [1.165, 1.54) is 11.3 Å². The first kappa shape index (κ1) is 10.3. The lowest BCUT2D eigenvalue weighted by Gasteiger charge is -1.95. The third-order valence-electron chi connectivity index (χ3n) is 1.81. The third-order valence-corrected chi connectivity index (χ3v) is 3.69. The Bertz CT molecular complexity index is 448. The van der Waals surface area contributed by atoms with Crippen LogP contribution < -0.4 is 5.32 Å². The lowest BCUT2D eigenvalue weighted by atomic mass is 10.4. The summed E-state index contributed by atoms with van der Waals surface area (Å²) in [6.07, 6.45) is 0. The Morgan fingerprint density at radius 2 is 2.40 bits per heavy atom. The average molecular weight is 238 g/mol. The van der Waals surface area contributed by atoms with E-state index in [9.17, 15) is 4.79 Å². The largest absolute Gasteiger partial charge is 0.351 e. The van der Waals surface area contributed by atoms with Gasteiger partial charge in [0.05, 0.1) is 4.88 Å². The van der Waals surface area contributed by atoms with Gasteiger partial charge in [0, 0.05) is 11.9 Å². The molecule has 1 amide bonds. The van der Waals surface area contributed by atoms with Gasteiger partial charge >= 0.3 is 0 Å². The van der Waals surface area contributed by atoms with Crippen LogP contribution in [-0.2, 0) is 0 Å². The molecule has 0 bridgehead atoms. The third kappa shape index (κ3) is 2.24. The van der Waals surface area contributed by atoms with Gasteiger partial charge in [0.15, 0.2) is 0 Å². The Morgan fingerprint density at radius 3 is 3.07 bits per heavy atom. The van der Waals surface area contributed by atoms with E-state index >= 15 is 0 Å². The molecule has 0 unspecified atom stereocenters. The van der Waals surface area contributed by atoms with Crippen molar-refractivity contribution < 1.29 is 4.79 Å². The van der Waals surface area contributed by atoms with Gasteiger partial charge in [0.25, 0.3) is 5.91 Å². The zero-order valence-electron chi connectivity index (χ0n) is 8.19. The molecule has 0 saturated carbocycles. The zero-order chi connectivity index (χ0) is 10.7. The average Bonchev–Trinajstić information content (AvgIpc) is 2.89. The molecular weight excluding hydrogens is 228 g/mol. The maximum Gasteiger partial charge on any atom is 0.270 e. The summed E-state index contributed by atoms with van der Waals surface area (Å²) in [5.74, 6) is -0.100. The normalized spacial score (nSPS) is 10.2. The van der Waals surface area contributed by atoms with E-state index in [4.69, 9.17) is 0 Å². The SMILES string of the molecule is CCNC(=O)c1csc(-c2cccs2)n1. The van der Waals surface area contributed by atoms with E-state index in [0.29, 0.717) is 12.2 Å². The fraction of sp³-hybridized carbons (Fsp3) is 0.200. The number of thiophene rings is 1. The molecule has 0 aromatic carbocycles. The molecule has 0 aliphatic heterocycles. The van der Waals surface area contributed by atoms with Crippen LogP contribution in [-0.4, -0.2) is 17.4 Å². The van der Waals surface area contributed by atoms with Crippen molar-refractivity contribution in [1.82, 2.24) is 10.3 Å². The molecule has 5 heteroatoms. The minimum absolute atomic E-state index is 0.100. The second-order valence-electron chi connectivity index (χ2n) is 2.87. The summed E-state index contributed by atoms with van der Waals surface area (Å²) < 4.78 is 0. The summed E-state index contributed by atoms with van der Waals surface area (Å²) in [7, 11) is 0. The van der Waals surface area contributed by atoms with Crippen LogP contribution in [0.4, 0.5) is 0 Å². The van der Waals surface area contributed by atoms with Gasteiger partial charge in [-0.05, 0) is 18.4 Å². The van der Waals surface area contributed by atoms with Crippen LogP contribution in [0.1, 0.15) is 17.4 Å². The number of amides is 1. The Kier molecular flexibility index (Phi) is 3.13. The van der Waals surface area contributed by atoms with Crippen molar-refractivity contribution >= 4 is 28.6 Å². The number of carbonyl (C=O) groups is 1. The maximum absolute atomic E-state index is 11.5. The Balaban J connectivity index is 2.21. The standard InChI is InChI=1S/C10H10N2OS2/c1-2-11-9(13)7-6-15-10(12-7)8-4-3-5-14-8/h3-6H,2H2,1H3,(H,11,13). The van der Waals surface area contributed by atoms with Gasteiger partial charge < -0.3 is 5.32 Å². The summed E-state index contributed by atoms with van der Waals surface area (Å²) in [5.41, 5.74) is 0.505. The van der Waals surface area contributed by atoms with E-state index in [1.54, 1.807) is 16.7 Å². The predicted octanol–water partition coefficient (Wildman–Crippen LogP) is 2.62.